The van der Waals surface area contributed by atoms with Gasteiger partial charge in [0.2, 0.25) is 11.8 Å². The highest BCUT2D eigenvalue weighted by Gasteiger charge is 2.19. The number of amides is 1. The number of hydrogen-bond donors (Lipinski definition) is 3. The van der Waals surface area contributed by atoms with Crippen LogP contribution < -0.4 is 21.1 Å². The second kappa shape index (κ2) is 8.54. The molecule has 3 heterocycles. The summed E-state index contributed by atoms with van der Waals surface area (Å²) >= 11 is 0. The molecule has 11 heteroatoms. The highest BCUT2D eigenvalue weighted by atomic mass is 16.5. The molecule has 0 aliphatic rings. The van der Waals surface area contributed by atoms with Crippen LogP contribution in [-0.4, -0.2) is 37.7 Å². The molecule has 0 spiro atoms. The van der Waals surface area contributed by atoms with E-state index in [1.54, 1.807) is 30.1 Å². The number of oxazole rings is 1. The van der Waals surface area contributed by atoms with Gasteiger partial charge in [-0.2, -0.15) is 10.1 Å². The third kappa shape index (κ3) is 3.97. The Balaban J connectivity index is 1.53. The fraction of sp³-hybridized carbons (Fsp3) is 0.0870. The van der Waals surface area contributed by atoms with Gasteiger partial charge in [0, 0.05) is 25.5 Å². The summed E-state index contributed by atoms with van der Waals surface area (Å²) in [5, 5.41) is 10.4. The molecule has 0 bridgehead atoms. The van der Waals surface area contributed by atoms with E-state index in [0.29, 0.717) is 34.3 Å². The number of aryl methyl sites for hydroxylation is 1. The molecule has 170 valence electrons. The molecule has 11 nitrogen and oxygen atoms in total. The molecule has 5 aromatic rings. The van der Waals surface area contributed by atoms with Crippen LogP contribution in [0.3, 0.4) is 0 Å². The van der Waals surface area contributed by atoms with E-state index in [0.717, 1.165) is 5.52 Å². The first-order valence-corrected chi connectivity index (χ1v) is 10.3. The van der Waals surface area contributed by atoms with Crippen molar-refractivity contribution in [3.8, 4) is 17.2 Å². The molecular formula is C23H20N8O3. The summed E-state index contributed by atoms with van der Waals surface area (Å²) in [6.07, 6.45) is 3.13. The van der Waals surface area contributed by atoms with E-state index in [4.69, 9.17) is 14.9 Å². The minimum absolute atomic E-state index is 0.112. The van der Waals surface area contributed by atoms with E-state index in [1.807, 2.05) is 36.4 Å². The van der Waals surface area contributed by atoms with Crippen molar-refractivity contribution in [1.82, 2.24) is 24.7 Å². The number of nitrogens with one attached hydrogen (secondary N) is 2. The lowest BCUT2D eigenvalue weighted by atomic mass is 10.1. The largest absolute Gasteiger partial charge is 0.494 e. The zero-order chi connectivity index (χ0) is 23.7. The number of rotatable bonds is 7. The molecule has 2 aromatic carbocycles. The number of carbonyl (C=O) groups excluding carboxylic acids is 1. The zero-order valence-electron chi connectivity index (χ0n) is 18.3. The normalized spacial score (nSPS) is 10.9. The van der Waals surface area contributed by atoms with E-state index in [9.17, 15) is 4.79 Å². The molecule has 4 N–H and O–H groups in total. The van der Waals surface area contributed by atoms with E-state index < -0.39 is 5.91 Å². The highest BCUT2D eigenvalue weighted by molar-refractivity contribution is 5.98. The maximum atomic E-state index is 12.0. The third-order valence-corrected chi connectivity index (χ3v) is 5.00. The van der Waals surface area contributed by atoms with Crippen molar-refractivity contribution >= 4 is 40.3 Å². The van der Waals surface area contributed by atoms with Crippen LogP contribution in [0.25, 0.3) is 22.6 Å². The zero-order valence-corrected chi connectivity index (χ0v) is 18.3. The van der Waals surface area contributed by atoms with Gasteiger partial charge in [-0.15, -0.1) is 0 Å². The molecule has 0 aliphatic carbocycles. The highest BCUT2D eigenvalue weighted by Crippen LogP contribution is 2.38. The molecule has 0 radical (unpaired) electrons. The monoisotopic (exact) mass is 456 g/mol. The summed E-state index contributed by atoms with van der Waals surface area (Å²) in [5.74, 6) is 1.17. The first-order valence-electron chi connectivity index (χ1n) is 10.3. The van der Waals surface area contributed by atoms with Crippen molar-refractivity contribution in [3.63, 3.8) is 0 Å². The van der Waals surface area contributed by atoms with Crippen molar-refractivity contribution in [2.75, 3.05) is 17.7 Å². The number of para-hydroxylation sites is 3. The number of hydrogen-bond acceptors (Lipinski definition) is 9. The van der Waals surface area contributed by atoms with Gasteiger partial charge in [0.15, 0.2) is 17.2 Å². The number of fused-ring (bicyclic) bond motifs is 1. The topological polar surface area (TPSA) is 146 Å². The smallest absolute Gasteiger partial charge is 0.254 e. The minimum atomic E-state index is -0.680. The van der Waals surface area contributed by atoms with Crippen molar-refractivity contribution < 1.29 is 13.9 Å². The molecule has 3 aromatic heterocycles. The molecule has 0 fully saturated rings. The summed E-state index contributed by atoms with van der Waals surface area (Å²) < 4.78 is 13.2. The molecule has 0 aliphatic heterocycles. The number of primary amides is 1. The summed E-state index contributed by atoms with van der Waals surface area (Å²) in [4.78, 5) is 25.2. The molecule has 0 atom stereocenters. The van der Waals surface area contributed by atoms with Gasteiger partial charge in [-0.1, -0.05) is 18.2 Å². The third-order valence-electron chi connectivity index (χ3n) is 5.00. The van der Waals surface area contributed by atoms with Gasteiger partial charge in [0.25, 0.3) is 5.91 Å². The molecular weight excluding hydrogens is 436 g/mol. The number of nitrogens with zero attached hydrogens (tertiary/aromatic N) is 5. The minimum Gasteiger partial charge on any atom is -0.494 e. The number of ether oxygens (including phenoxy) is 1. The Hall–Kier alpha value is -4.93. The van der Waals surface area contributed by atoms with Crippen molar-refractivity contribution in [1.29, 1.82) is 0 Å². The van der Waals surface area contributed by atoms with E-state index in [2.05, 4.69) is 30.7 Å². The van der Waals surface area contributed by atoms with E-state index >= 15 is 0 Å². The average molecular weight is 456 g/mol. The molecule has 34 heavy (non-hydrogen) atoms. The number of anilines is 4. The standard InChI is InChI=1S/C23H20N8O3/c1-31-11-10-18(30-31)28-23-25-12-14(20(24)32)21(29-23)26-16-8-5-6-13(19(16)33-2)22-27-15-7-3-4-9-17(15)34-22/h3-12H,1-2H3,(H2,24,32)(H2,25,26,28,29,30). The number of carbonyl (C=O) groups is 1. The summed E-state index contributed by atoms with van der Waals surface area (Å²) in [6, 6.07) is 14.7. The van der Waals surface area contributed by atoms with Crippen molar-refractivity contribution in [2.45, 2.75) is 0 Å². The summed E-state index contributed by atoms with van der Waals surface area (Å²) in [5.41, 5.74) is 8.23. The van der Waals surface area contributed by atoms with Gasteiger partial charge in [-0.05, 0) is 24.3 Å². The van der Waals surface area contributed by atoms with Crippen LogP contribution in [0, 0.1) is 0 Å². The first-order chi connectivity index (χ1) is 16.5. The maximum absolute atomic E-state index is 12.0. The lowest BCUT2D eigenvalue weighted by Crippen LogP contribution is -2.16. The van der Waals surface area contributed by atoms with Gasteiger partial charge in [-0.3, -0.25) is 9.48 Å². The Labute approximate surface area is 193 Å². The average Bonchev–Trinajstić information content (AvgIpc) is 3.44. The van der Waals surface area contributed by atoms with Crippen LogP contribution in [-0.2, 0) is 7.05 Å². The quantitative estimate of drug-likeness (QED) is 0.334. The van der Waals surface area contributed by atoms with Crippen LogP contribution in [0.15, 0.2) is 65.3 Å². The second-order valence-corrected chi connectivity index (χ2v) is 7.32. The number of methoxy groups -OCH3 is 1. The van der Waals surface area contributed by atoms with Crippen LogP contribution in [0.5, 0.6) is 5.75 Å². The second-order valence-electron chi connectivity index (χ2n) is 7.32. The summed E-state index contributed by atoms with van der Waals surface area (Å²) in [6.45, 7) is 0. The number of nitrogens with two attached hydrogens (primary N) is 1. The Morgan fingerprint density at radius 3 is 2.68 bits per heavy atom. The van der Waals surface area contributed by atoms with Crippen LogP contribution in [0.4, 0.5) is 23.3 Å². The van der Waals surface area contributed by atoms with Crippen molar-refractivity contribution in [3.05, 3.63) is 66.5 Å². The predicted molar refractivity (Wildman–Crippen MR) is 126 cm³/mol. The lowest BCUT2D eigenvalue weighted by Gasteiger charge is -2.15. The first kappa shape index (κ1) is 20.9. The van der Waals surface area contributed by atoms with Gasteiger partial charge in [0.05, 0.1) is 18.4 Å². The fourth-order valence-electron chi connectivity index (χ4n) is 3.45. The van der Waals surface area contributed by atoms with Crippen LogP contribution >= 0.6 is 0 Å². The molecule has 5 rings (SSSR count). The summed E-state index contributed by atoms with van der Waals surface area (Å²) in [7, 11) is 3.33. The Bertz CT molecular complexity index is 1470. The van der Waals surface area contributed by atoms with Crippen LogP contribution in [0.1, 0.15) is 10.4 Å². The van der Waals surface area contributed by atoms with Gasteiger partial charge in [-0.25, -0.2) is 9.97 Å². The maximum Gasteiger partial charge on any atom is 0.254 e. The van der Waals surface area contributed by atoms with Crippen LogP contribution in [0.2, 0.25) is 0 Å². The molecule has 0 saturated carbocycles. The van der Waals surface area contributed by atoms with Gasteiger partial charge < -0.3 is 25.5 Å². The Kier molecular flexibility index (Phi) is 5.26. The number of benzene rings is 2. The van der Waals surface area contributed by atoms with Crippen molar-refractivity contribution in [2.24, 2.45) is 12.8 Å². The SMILES string of the molecule is COc1c(Nc2nc(Nc3ccn(C)n3)ncc2C(N)=O)cccc1-c1nc2ccccc2o1. The molecule has 0 unspecified atom stereocenters. The Morgan fingerprint density at radius 2 is 1.94 bits per heavy atom. The van der Waals surface area contributed by atoms with Gasteiger partial charge in [0.1, 0.15) is 16.9 Å². The Morgan fingerprint density at radius 1 is 1.09 bits per heavy atom. The fourth-order valence-corrected chi connectivity index (χ4v) is 3.45. The van der Waals surface area contributed by atoms with E-state index in [1.165, 1.54) is 13.3 Å². The van der Waals surface area contributed by atoms with Gasteiger partial charge >= 0.3 is 0 Å². The predicted octanol–water partition coefficient (Wildman–Crippen LogP) is 3.61. The lowest BCUT2D eigenvalue weighted by molar-refractivity contribution is 0.100. The molecule has 1 amide bonds. The van der Waals surface area contributed by atoms with E-state index in [-0.39, 0.29) is 17.3 Å². The number of aromatic nitrogens is 5. The molecule has 0 saturated heterocycles.